The van der Waals surface area contributed by atoms with Gasteiger partial charge in [-0.1, -0.05) is 30.3 Å². The minimum absolute atomic E-state index is 0.163. The summed E-state index contributed by atoms with van der Waals surface area (Å²) in [5.41, 5.74) is 2.16. The fourth-order valence-corrected chi connectivity index (χ4v) is 2.82. The maximum atomic E-state index is 14.0. The van der Waals surface area contributed by atoms with Gasteiger partial charge in [0.25, 0.3) is 0 Å². The summed E-state index contributed by atoms with van der Waals surface area (Å²) in [6, 6.07) is 12.3. The quantitative estimate of drug-likeness (QED) is 0.704. The van der Waals surface area contributed by atoms with Gasteiger partial charge in [-0.25, -0.2) is 4.39 Å². The molecule has 0 saturated heterocycles. The first kappa shape index (κ1) is 13.1. The summed E-state index contributed by atoms with van der Waals surface area (Å²) in [6.45, 7) is 1.75. The number of hydrogen-bond acceptors (Lipinski definition) is 1. The predicted molar refractivity (Wildman–Crippen MR) is 82.4 cm³/mol. The van der Waals surface area contributed by atoms with E-state index in [0.717, 1.165) is 5.56 Å². The van der Waals surface area contributed by atoms with Crippen LogP contribution in [0.4, 0.5) is 4.39 Å². The Labute approximate surface area is 123 Å². The Morgan fingerprint density at radius 1 is 1.10 bits per heavy atom. The van der Waals surface area contributed by atoms with Gasteiger partial charge in [0.05, 0.1) is 16.6 Å². The lowest BCUT2D eigenvalue weighted by Crippen LogP contribution is -2.11. The van der Waals surface area contributed by atoms with E-state index < -0.39 is 5.82 Å². The third-order valence-corrected chi connectivity index (χ3v) is 4.02. The molecule has 1 heterocycles. The molecule has 0 aliphatic rings. The number of benzene rings is 2. The third-order valence-electron chi connectivity index (χ3n) is 3.36. The van der Waals surface area contributed by atoms with Crippen molar-refractivity contribution in [3.8, 4) is 11.3 Å². The van der Waals surface area contributed by atoms with Gasteiger partial charge in [0.2, 0.25) is 0 Å². The highest BCUT2D eigenvalue weighted by Crippen LogP contribution is 2.27. The zero-order valence-corrected chi connectivity index (χ0v) is 12.3. The van der Waals surface area contributed by atoms with E-state index in [2.05, 4.69) is 20.9 Å². The molecule has 2 aromatic carbocycles. The van der Waals surface area contributed by atoms with Gasteiger partial charge in [-0.3, -0.25) is 4.79 Å². The Balaban J connectivity index is 2.46. The third kappa shape index (κ3) is 1.96. The van der Waals surface area contributed by atoms with Gasteiger partial charge in [-0.05, 0) is 40.5 Å². The molecular formula is C16H11BrFNO. The predicted octanol–water partition coefficient (Wildman–Crippen LogP) is 4.41. The van der Waals surface area contributed by atoms with E-state index in [1.807, 2.05) is 30.3 Å². The average molecular weight is 332 g/mol. The smallest absolute Gasteiger partial charge is 0.194 e. The summed E-state index contributed by atoms with van der Waals surface area (Å²) in [6.07, 6.45) is 0. The zero-order chi connectivity index (χ0) is 14.3. The summed E-state index contributed by atoms with van der Waals surface area (Å²) >= 11 is 3.31. The van der Waals surface area contributed by atoms with Crippen molar-refractivity contribution in [1.29, 1.82) is 0 Å². The molecule has 100 valence electrons. The van der Waals surface area contributed by atoms with E-state index in [0.29, 0.717) is 21.1 Å². The molecule has 0 unspecified atom stereocenters. The van der Waals surface area contributed by atoms with Crippen LogP contribution in [0.5, 0.6) is 0 Å². The first-order chi connectivity index (χ1) is 9.59. The summed E-state index contributed by atoms with van der Waals surface area (Å²) < 4.78 is 14.6. The number of pyridine rings is 1. The Hall–Kier alpha value is -1.94. The van der Waals surface area contributed by atoms with Crippen molar-refractivity contribution >= 4 is 26.8 Å². The van der Waals surface area contributed by atoms with E-state index in [9.17, 15) is 9.18 Å². The zero-order valence-electron chi connectivity index (χ0n) is 10.7. The van der Waals surface area contributed by atoms with Crippen LogP contribution < -0.4 is 5.43 Å². The second-order valence-corrected chi connectivity index (χ2v) is 5.45. The highest BCUT2D eigenvalue weighted by atomic mass is 79.9. The summed E-state index contributed by atoms with van der Waals surface area (Å²) in [7, 11) is 0. The standard InChI is InChI=1S/C16H11BrFNO/c1-9-14(10-5-3-2-4-6-10)19-15-12(18)8-7-11(17)13(15)16(9)20/h2-8H,1H3,(H,19,20). The molecule has 0 amide bonds. The second kappa shape index (κ2) is 4.87. The van der Waals surface area contributed by atoms with Crippen molar-refractivity contribution in [2.45, 2.75) is 6.92 Å². The van der Waals surface area contributed by atoms with Gasteiger partial charge < -0.3 is 4.98 Å². The van der Waals surface area contributed by atoms with Crippen LogP contribution in [0.15, 0.2) is 51.7 Å². The molecule has 0 radical (unpaired) electrons. The number of halogens is 2. The monoisotopic (exact) mass is 331 g/mol. The van der Waals surface area contributed by atoms with E-state index in [-0.39, 0.29) is 10.9 Å². The number of nitrogens with one attached hydrogen (secondary N) is 1. The molecule has 3 aromatic rings. The molecule has 1 aromatic heterocycles. The van der Waals surface area contributed by atoms with Crippen LogP contribution in [0.1, 0.15) is 5.56 Å². The molecular weight excluding hydrogens is 321 g/mol. The second-order valence-electron chi connectivity index (χ2n) is 4.60. The van der Waals surface area contributed by atoms with Gasteiger partial charge in [-0.15, -0.1) is 0 Å². The average Bonchev–Trinajstić information content (AvgIpc) is 2.47. The molecule has 0 atom stereocenters. The highest BCUT2D eigenvalue weighted by Gasteiger charge is 2.14. The molecule has 2 nitrogen and oxygen atoms in total. The molecule has 0 spiro atoms. The van der Waals surface area contributed by atoms with E-state index >= 15 is 0 Å². The van der Waals surface area contributed by atoms with E-state index in [1.54, 1.807) is 13.0 Å². The molecule has 20 heavy (non-hydrogen) atoms. The maximum absolute atomic E-state index is 14.0. The van der Waals surface area contributed by atoms with Crippen molar-refractivity contribution in [2.75, 3.05) is 0 Å². The van der Waals surface area contributed by atoms with Crippen molar-refractivity contribution in [1.82, 2.24) is 4.98 Å². The van der Waals surface area contributed by atoms with Crippen LogP contribution in [0.3, 0.4) is 0 Å². The van der Waals surface area contributed by atoms with Gasteiger partial charge >= 0.3 is 0 Å². The molecule has 0 bridgehead atoms. The van der Waals surface area contributed by atoms with Crippen molar-refractivity contribution in [3.63, 3.8) is 0 Å². The van der Waals surface area contributed by atoms with E-state index in [4.69, 9.17) is 0 Å². The van der Waals surface area contributed by atoms with E-state index in [1.165, 1.54) is 6.07 Å². The van der Waals surface area contributed by atoms with Gasteiger partial charge in [0.1, 0.15) is 5.82 Å². The fourth-order valence-electron chi connectivity index (χ4n) is 2.31. The van der Waals surface area contributed by atoms with Crippen molar-refractivity contribution in [2.24, 2.45) is 0 Å². The largest absolute Gasteiger partial charge is 0.352 e. The lowest BCUT2D eigenvalue weighted by atomic mass is 10.0. The van der Waals surface area contributed by atoms with Gasteiger partial charge in [0.15, 0.2) is 5.43 Å². The lowest BCUT2D eigenvalue weighted by molar-refractivity contribution is 0.636. The molecule has 0 saturated carbocycles. The molecule has 0 aliphatic heterocycles. The number of fused-ring (bicyclic) bond motifs is 1. The highest BCUT2D eigenvalue weighted by molar-refractivity contribution is 9.10. The van der Waals surface area contributed by atoms with Gasteiger partial charge in [0, 0.05) is 10.0 Å². The Morgan fingerprint density at radius 2 is 1.80 bits per heavy atom. The Bertz CT molecular complexity index is 856. The summed E-state index contributed by atoms with van der Waals surface area (Å²) in [5.74, 6) is -0.433. The first-order valence-corrected chi connectivity index (χ1v) is 6.95. The van der Waals surface area contributed by atoms with Crippen LogP contribution in [0.2, 0.25) is 0 Å². The molecule has 0 fully saturated rings. The minimum atomic E-state index is -0.433. The minimum Gasteiger partial charge on any atom is -0.352 e. The van der Waals surface area contributed by atoms with Crippen LogP contribution in [0.25, 0.3) is 22.2 Å². The first-order valence-electron chi connectivity index (χ1n) is 6.15. The topological polar surface area (TPSA) is 32.9 Å². The molecule has 3 rings (SSSR count). The SMILES string of the molecule is Cc1c(-c2ccccc2)[nH]c2c(F)ccc(Br)c2c1=O. The number of rotatable bonds is 1. The summed E-state index contributed by atoms with van der Waals surface area (Å²) in [4.78, 5) is 15.5. The fraction of sp³-hybridized carbons (Fsp3) is 0.0625. The normalized spacial score (nSPS) is 10.9. The van der Waals surface area contributed by atoms with Crippen LogP contribution >= 0.6 is 15.9 Å². The number of hydrogen-bond donors (Lipinski definition) is 1. The number of aromatic nitrogens is 1. The maximum Gasteiger partial charge on any atom is 0.194 e. The van der Waals surface area contributed by atoms with Crippen LogP contribution in [-0.2, 0) is 0 Å². The van der Waals surface area contributed by atoms with Gasteiger partial charge in [-0.2, -0.15) is 0 Å². The van der Waals surface area contributed by atoms with Crippen LogP contribution in [0, 0.1) is 12.7 Å². The van der Waals surface area contributed by atoms with Crippen molar-refractivity contribution < 1.29 is 4.39 Å². The Kier molecular flexibility index (Phi) is 3.18. The molecule has 4 heteroatoms. The van der Waals surface area contributed by atoms with Crippen molar-refractivity contribution in [3.05, 3.63) is 68.5 Å². The number of aromatic amines is 1. The Morgan fingerprint density at radius 3 is 2.50 bits per heavy atom. The molecule has 0 aliphatic carbocycles. The van der Waals surface area contributed by atoms with Crippen LogP contribution in [-0.4, -0.2) is 4.98 Å². The molecule has 1 N–H and O–H groups in total. The summed E-state index contributed by atoms with van der Waals surface area (Å²) in [5, 5.41) is 0.349. The lowest BCUT2D eigenvalue weighted by Gasteiger charge is -2.10. The number of H-pyrrole nitrogens is 1.